The van der Waals surface area contributed by atoms with Gasteiger partial charge in [-0.15, -0.1) is 0 Å². The maximum Gasteiger partial charge on any atom is 0.251 e. The number of nitrogens with one attached hydrogen (secondary N) is 1. The Morgan fingerprint density at radius 3 is 3.06 bits per heavy atom. The molecule has 98 valence electrons. The lowest BCUT2D eigenvalue weighted by Crippen LogP contribution is -2.29. The number of ether oxygens (including phenoxy) is 1. The van der Waals surface area contributed by atoms with Crippen molar-refractivity contribution in [3.05, 3.63) is 23.8 Å². The standard InChI is InChI=1S/C13H18N2O2S/c1-17-11-6-9(5-10(14)7-11)13(16)15-8-12-3-2-4-18-12/h5-7,12H,2-4,8,14H2,1H3,(H,15,16). The molecular weight excluding hydrogens is 248 g/mol. The van der Waals surface area contributed by atoms with Crippen molar-refractivity contribution in [1.82, 2.24) is 5.32 Å². The van der Waals surface area contributed by atoms with E-state index in [0.29, 0.717) is 22.3 Å². The van der Waals surface area contributed by atoms with Crippen LogP contribution in [0.2, 0.25) is 0 Å². The third kappa shape index (κ3) is 3.32. The van der Waals surface area contributed by atoms with Gasteiger partial charge in [0.1, 0.15) is 5.75 Å². The monoisotopic (exact) mass is 266 g/mol. The summed E-state index contributed by atoms with van der Waals surface area (Å²) in [5.74, 6) is 1.72. The highest BCUT2D eigenvalue weighted by Gasteiger charge is 2.17. The summed E-state index contributed by atoms with van der Waals surface area (Å²) < 4.78 is 5.10. The Balaban J connectivity index is 1.97. The summed E-state index contributed by atoms with van der Waals surface area (Å²) in [7, 11) is 1.56. The topological polar surface area (TPSA) is 64.3 Å². The normalized spacial score (nSPS) is 18.6. The van der Waals surface area contributed by atoms with Crippen LogP contribution in [0.25, 0.3) is 0 Å². The van der Waals surface area contributed by atoms with E-state index in [1.807, 2.05) is 11.8 Å². The van der Waals surface area contributed by atoms with Gasteiger partial charge in [0.25, 0.3) is 5.91 Å². The molecule has 2 rings (SSSR count). The maximum atomic E-state index is 12.0. The third-order valence-electron chi connectivity index (χ3n) is 2.94. The average Bonchev–Trinajstić information content (AvgIpc) is 2.88. The molecule has 1 saturated heterocycles. The Hall–Kier alpha value is -1.36. The van der Waals surface area contributed by atoms with Crippen LogP contribution in [0.5, 0.6) is 5.75 Å². The van der Waals surface area contributed by atoms with Crippen molar-refractivity contribution in [2.75, 3.05) is 25.1 Å². The van der Waals surface area contributed by atoms with E-state index >= 15 is 0 Å². The van der Waals surface area contributed by atoms with Gasteiger partial charge in [-0.2, -0.15) is 11.8 Å². The molecule has 1 aromatic carbocycles. The van der Waals surface area contributed by atoms with E-state index in [2.05, 4.69) is 5.32 Å². The largest absolute Gasteiger partial charge is 0.497 e. The number of benzene rings is 1. The molecule has 0 aliphatic carbocycles. The van der Waals surface area contributed by atoms with Gasteiger partial charge in [0, 0.05) is 29.1 Å². The Morgan fingerprint density at radius 2 is 2.39 bits per heavy atom. The second-order valence-corrected chi connectivity index (χ2v) is 5.75. The van der Waals surface area contributed by atoms with E-state index in [0.717, 1.165) is 6.54 Å². The molecule has 4 nitrogen and oxygen atoms in total. The van der Waals surface area contributed by atoms with Crippen LogP contribution < -0.4 is 15.8 Å². The highest BCUT2D eigenvalue weighted by atomic mass is 32.2. The second kappa shape index (κ2) is 6.00. The first-order valence-corrected chi connectivity index (χ1v) is 7.08. The number of nitrogens with two attached hydrogens (primary N) is 1. The van der Waals surface area contributed by atoms with Crippen LogP contribution in [0.3, 0.4) is 0 Å². The summed E-state index contributed by atoms with van der Waals surface area (Å²) in [6.07, 6.45) is 2.43. The lowest BCUT2D eigenvalue weighted by Gasteiger charge is -2.11. The molecule has 0 saturated carbocycles. The number of carbonyl (C=O) groups excluding carboxylic acids is 1. The molecule has 0 spiro atoms. The Bertz CT molecular complexity index is 431. The summed E-state index contributed by atoms with van der Waals surface area (Å²) in [6.45, 7) is 0.723. The lowest BCUT2D eigenvalue weighted by molar-refractivity contribution is 0.0953. The number of amides is 1. The number of nitrogen functional groups attached to an aromatic ring is 1. The number of methoxy groups -OCH3 is 1. The molecule has 1 aromatic rings. The summed E-state index contributed by atoms with van der Waals surface area (Å²) in [6, 6.07) is 5.07. The van der Waals surface area contributed by atoms with Gasteiger partial charge in [0.2, 0.25) is 0 Å². The van der Waals surface area contributed by atoms with Crippen LogP contribution in [0, 0.1) is 0 Å². The SMILES string of the molecule is COc1cc(N)cc(C(=O)NCC2CCCS2)c1. The lowest BCUT2D eigenvalue weighted by atomic mass is 10.1. The summed E-state index contributed by atoms with van der Waals surface area (Å²) >= 11 is 1.93. The van der Waals surface area contributed by atoms with E-state index < -0.39 is 0 Å². The van der Waals surface area contributed by atoms with Gasteiger partial charge in [-0.1, -0.05) is 0 Å². The van der Waals surface area contributed by atoms with Crippen molar-refractivity contribution in [2.45, 2.75) is 18.1 Å². The van der Waals surface area contributed by atoms with Gasteiger partial charge in [0.15, 0.2) is 0 Å². The molecule has 1 aliphatic rings. The average molecular weight is 266 g/mol. The number of rotatable bonds is 4. The molecule has 0 aromatic heterocycles. The predicted octanol–water partition coefficient (Wildman–Crippen LogP) is 1.90. The van der Waals surface area contributed by atoms with Crippen molar-refractivity contribution in [2.24, 2.45) is 0 Å². The number of thioether (sulfide) groups is 1. The minimum absolute atomic E-state index is 0.0897. The van der Waals surface area contributed by atoms with Crippen LogP contribution in [0.4, 0.5) is 5.69 Å². The van der Waals surface area contributed by atoms with Crippen LogP contribution in [0.15, 0.2) is 18.2 Å². The van der Waals surface area contributed by atoms with Crippen molar-refractivity contribution in [1.29, 1.82) is 0 Å². The molecular formula is C13H18N2O2S. The third-order valence-corrected chi connectivity index (χ3v) is 4.34. The quantitative estimate of drug-likeness (QED) is 0.817. The highest BCUT2D eigenvalue weighted by molar-refractivity contribution is 8.00. The van der Waals surface area contributed by atoms with Crippen molar-refractivity contribution >= 4 is 23.4 Å². The number of anilines is 1. The molecule has 5 heteroatoms. The molecule has 1 unspecified atom stereocenters. The summed E-state index contributed by atoms with van der Waals surface area (Å²) in [4.78, 5) is 12.0. The Labute approximate surface area is 111 Å². The van der Waals surface area contributed by atoms with Gasteiger partial charge < -0.3 is 15.8 Å². The van der Waals surface area contributed by atoms with E-state index in [4.69, 9.17) is 10.5 Å². The molecule has 1 atom stereocenters. The van der Waals surface area contributed by atoms with Crippen LogP contribution in [-0.4, -0.2) is 30.6 Å². The number of hydrogen-bond acceptors (Lipinski definition) is 4. The molecule has 0 radical (unpaired) electrons. The smallest absolute Gasteiger partial charge is 0.251 e. The predicted molar refractivity (Wildman–Crippen MR) is 75.2 cm³/mol. The van der Waals surface area contributed by atoms with E-state index in [-0.39, 0.29) is 5.91 Å². The molecule has 18 heavy (non-hydrogen) atoms. The molecule has 1 amide bonds. The van der Waals surface area contributed by atoms with Gasteiger partial charge in [-0.25, -0.2) is 0 Å². The van der Waals surface area contributed by atoms with Gasteiger partial charge in [-0.3, -0.25) is 4.79 Å². The van der Waals surface area contributed by atoms with E-state index in [1.165, 1.54) is 18.6 Å². The molecule has 0 bridgehead atoms. The second-order valence-electron chi connectivity index (χ2n) is 4.34. The zero-order valence-electron chi connectivity index (χ0n) is 10.4. The molecule has 1 fully saturated rings. The number of hydrogen-bond donors (Lipinski definition) is 2. The first-order valence-electron chi connectivity index (χ1n) is 6.03. The maximum absolute atomic E-state index is 12.0. The number of carbonyl (C=O) groups is 1. The highest BCUT2D eigenvalue weighted by Crippen LogP contribution is 2.25. The Kier molecular flexibility index (Phi) is 4.36. The van der Waals surface area contributed by atoms with E-state index in [9.17, 15) is 4.79 Å². The van der Waals surface area contributed by atoms with Crippen molar-refractivity contribution in [3.8, 4) is 5.75 Å². The van der Waals surface area contributed by atoms with Crippen LogP contribution >= 0.6 is 11.8 Å². The first kappa shape index (κ1) is 13.1. The van der Waals surface area contributed by atoms with Crippen LogP contribution in [-0.2, 0) is 0 Å². The fourth-order valence-corrected chi connectivity index (χ4v) is 3.19. The Morgan fingerprint density at radius 1 is 1.56 bits per heavy atom. The minimum Gasteiger partial charge on any atom is -0.497 e. The van der Waals surface area contributed by atoms with Gasteiger partial charge in [-0.05, 0) is 30.7 Å². The summed E-state index contributed by atoms with van der Waals surface area (Å²) in [5, 5.41) is 3.50. The molecule has 1 heterocycles. The molecule has 1 aliphatic heterocycles. The van der Waals surface area contributed by atoms with Gasteiger partial charge in [0.05, 0.1) is 7.11 Å². The van der Waals surface area contributed by atoms with Crippen molar-refractivity contribution < 1.29 is 9.53 Å². The van der Waals surface area contributed by atoms with Gasteiger partial charge >= 0.3 is 0 Å². The fourth-order valence-electron chi connectivity index (χ4n) is 1.98. The van der Waals surface area contributed by atoms with E-state index in [1.54, 1.807) is 25.3 Å². The summed E-state index contributed by atoms with van der Waals surface area (Å²) in [5.41, 5.74) is 6.81. The van der Waals surface area contributed by atoms with Crippen molar-refractivity contribution in [3.63, 3.8) is 0 Å². The zero-order valence-corrected chi connectivity index (χ0v) is 11.3. The first-order chi connectivity index (χ1) is 8.69. The fraction of sp³-hybridized carbons (Fsp3) is 0.462. The van der Waals surface area contributed by atoms with Crippen LogP contribution in [0.1, 0.15) is 23.2 Å². The molecule has 3 N–H and O–H groups in total. The zero-order chi connectivity index (χ0) is 13.0. The minimum atomic E-state index is -0.0897.